The summed E-state index contributed by atoms with van der Waals surface area (Å²) in [6, 6.07) is 1.66. The van der Waals surface area contributed by atoms with Gasteiger partial charge in [-0.1, -0.05) is 26.7 Å². The lowest BCUT2D eigenvalue weighted by atomic mass is 10.0. The van der Waals surface area contributed by atoms with Gasteiger partial charge in [-0.15, -0.1) is 0 Å². The van der Waals surface area contributed by atoms with Gasteiger partial charge in [0.05, 0.1) is 12.5 Å². The van der Waals surface area contributed by atoms with Gasteiger partial charge in [0.25, 0.3) is 11.5 Å². The van der Waals surface area contributed by atoms with Gasteiger partial charge in [-0.2, -0.15) is 0 Å². The first-order valence-electron chi connectivity index (χ1n) is 12.1. The summed E-state index contributed by atoms with van der Waals surface area (Å²) in [5.74, 6) is -2.70. The zero-order chi connectivity index (χ0) is 27.5. The van der Waals surface area contributed by atoms with Crippen LogP contribution in [0.25, 0.3) is 0 Å². The number of nitrogens with one attached hydrogen (secondary N) is 3. The van der Waals surface area contributed by atoms with Crippen LogP contribution in [-0.4, -0.2) is 56.0 Å². The van der Waals surface area contributed by atoms with E-state index in [4.69, 9.17) is 0 Å². The van der Waals surface area contributed by atoms with Gasteiger partial charge in [0.15, 0.2) is 11.6 Å². The molecule has 0 saturated carbocycles. The first-order valence-corrected chi connectivity index (χ1v) is 12.1. The molecule has 2 aromatic heterocycles. The van der Waals surface area contributed by atoms with Gasteiger partial charge in [-0.05, 0) is 24.5 Å². The second-order valence-corrected chi connectivity index (χ2v) is 8.76. The number of imidazole rings is 1. The molecular weight excluding hydrogens is 480 g/mol. The number of nitrogens with zero attached hydrogens (tertiary/aromatic N) is 3. The highest BCUT2D eigenvalue weighted by Gasteiger charge is 2.25. The Kier molecular flexibility index (Phi) is 10.9. The van der Waals surface area contributed by atoms with Gasteiger partial charge in [-0.3, -0.25) is 28.8 Å². The summed E-state index contributed by atoms with van der Waals surface area (Å²) in [5, 5.41) is 7.82. The number of ketones is 2. The van der Waals surface area contributed by atoms with Crippen LogP contribution in [-0.2, 0) is 32.8 Å². The average Bonchev–Trinajstić information content (AvgIpc) is 3.30. The van der Waals surface area contributed by atoms with Gasteiger partial charge in [-0.25, -0.2) is 4.98 Å². The Bertz CT molecular complexity index is 1200. The number of anilines is 1. The molecular formula is C25H34N6O6. The van der Waals surface area contributed by atoms with Crippen molar-refractivity contribution < 1.29 is 24.0 Å². The minimum atomic E-state index is -1.22. The fourth-order valence-electron chi connectivity index (χ4n) is 3.55. The Balaban J connectivity index is 2.15. The first-order chi connectivity index (χ1) is 17.6. The Hall–Kier alpha value is -4.09. The number of rotatable bonds is 14. The smallest absolute Gasteiger partial charge is 0.274 e. The third-order valence-corrected chi connectivity index (χ3v) is 6.06. The highest BCUT2D eigenvalue weighted by Crippen LogP contribution is 2.08. The van der Waals surface area contributed by atoms with Crippen molar-refractivity contribution in [2.24, 2.45) is 13.0 Å². The van der Waals surface area contributed by atoms with Crippen molar-refractivity contribution in [2.75, 3.05) is 11.9 Å². The number of aromatic nitrogens is 3. The van der Waals surface area contributed by atoms with Crippen molar-refractivity contribution in [3.63, 3.8) is 0 Å². The zero-order valence-corrected chi connectivity index (χ0v) is 21.6. The van der Waals surface area contributed by atoms with E-state index in [-0.39, 0.29) is 36.7 Å². The van der Waals surface area contributed by atoms with Crippen LogP contribution in [0.5, 0.6) is 0 Å². The molecule has 0 aliphatic rings. The molecule has 0 saturated heterocycles. The zero-order valence-electron chi connectivity index (χ0n) is 21.6. The van der Waals surface area contributed by atoms with E-state index >= 15 is 0 Å². The number of carbonyl (C=O) groups excluding carboxylic acids is 5. The Morgan fingerprint density at radius 3 is 2.41 bits per heavy atom. The second-order valence-electron chi connectivity index (χ2n) is 8.76. The number of aryl methyl sites for hydroxylation is 1. The van der Waals surface area contributed by atoms with Crippen LogP contribution in [0, 0.1) is 5.92 Å². The van der Waals surface area contributed by atoms with Crippen molar-refractivity contribution in [1.29, 1.82) is 0 Å². The summed E-state index contributed by atoms with van der Waals surface area (Å²) in [6.45, 7) is 5.49. The number of carbonyl (C=O) groups is 5. The van der Waals surface area contributed by atoms with E-state index in [1.807, 2.05) is 13.8 Å². The molecule has 12 nitrogen and oxygen atoms in total. The molecule has 2 heterocycles. The average molecular weight is 515 g/mol. The van der Waals surface area contributed by atoms with E-state index < -0.39 is 35.0 Å². The lowest BCUT2D eigenvalue weighted by Crippen LogP contribution is -2.45. The van der Waals surface area contributed by atoms with Crippen LogP contribution in [0.2, 0.25) is 0 Å². The van der Waals surface area contributed by atoms with E-state index in [1.165, 1.54) is 40.0 Å². The molecule has 3 amide bonds. The molecule has 37 heavy (non-hydrogen) atoms. The fraction of sp³-hybridized carbons (Fsp3) is 0.480. The maximum atomic E-state index is 13.0. The summed E-state index contributed by atoms with van der Waals surface area (Å²) < 4.78 is 2.62. The topological polar surface area (TPSA) is 161 Å². The molecule has 3 N–H and O–H groups in total. The van der Waals surface area contributed by atoms with E-state index in [9.17, 15) is 28.8 Å². The molecule has 0 unspecified atom stereocenters. The van der Waals surface area contributed by atoms with E-state index in [2.05, 4.69) is 20.9 Å². The summed E-state index contributed by atoms with van der Waals surface area (Å²) >= 11 is 0. The summed E-state index contributed by atoms with van der Waals surface area (Å²) in [6.07, 6.45) is 5.58. The molecule has 0 aromatic carbocycles. The molecule has 12 heteroatoms. The summed E-state index contributed by atoms with van der Waals surface area (Å²) in [5.41, 5.74) is -0.528. The predicted octanol–water partition coefficient (Wildman–Crippen LogP) is 0.810. The van der Waals surface area contributed by atoms with Gasteiger partial charge < -0.3 is 25.1 Å². The van der Waals surface area contributed by atoms with Crippen molar-refractivity contribution in [3.8, 4) is 0 Å². The quantitative estimate of drug-likeness (QED) is 0.314. The lowest BCUT2D eigenvalue weighted by molar-refractivity contribution is -0.135. The molecule has 2 rings (SSSR count). The lowest BCUT2D eigenvalue weighted by Gasteiger charge is -2.18. The van der Waals surface area contributed by atoms with Crippen LogP contribution < -0.4 is 21.5 Å². The Morgan fingerprint density at radius 2 is 1.81 bits per heavy atom. The largest absolute Gasteiger partial charge is 0.354 e. The maximum Gasteiger partial charge on any atom is 0.274 e. The minimum absolute atomic E-state index is 0.0991. The number of pyridine rings is 1. The van der Waals surface area contributed by atoms with E-state index in [0.717, 1.165) is 19.8 Å². The number of Topliss-reactive ketones (excluding diaryl/α,β-unsaturated/α-hetero) is 2. The van der Waals surface area contributed by atoms with Crippen LogP contribution >= 0.6 is 0 Å². The van der Waals surface area contributed by atoms with Gasteiger partial charge in [0, 0.05) is 33.1 Å². The monoisotopic (exact) mass is 514 g/mol. The van der Waals surface area contributed by atoms with Crippen molar-refractivity contribution >= 4 is 35.0 Å². The summed E-state index contributed by atoms with van der Waals surface area (Å²) in [4.78, 5) is 78.0. The fourth-order valence-corrected chi connectivity index (χ4v) is 3.55. The summed E-state index contributed by atoms with van der Waals surface area (Å²) in [7, 11) is 1.60. The molecule has 1 atom stereocenters. The highest BCUT2D eigenvalue weighted by atomic mass is 16.2. The van der Waals surface area contributed by atoms with Crippen LogP contribution in [0.15, 0.2) is 35.6 Å². The Morgan fingerprint density at radius 1 is 1.11 bits per heavy atom. The molecule has 0 radical (unpaired) electrons. The minimum Gasteiger partial charge on any atom is -0.354 e. The number of hydrogen-bond donors (Lipinski definition) is 3. The van der Waals surface area contributed by atoms with Crippen LogP contribution in [0.3, 0.4) is 0 Å². The molecule has 0 aliphatic heterocycles. The first kappa shape index (κ1) is 29.1. The van der Waals surface area contributed by atoms with Crippen LogP contribution in [0.4, 0.5) is 5.69 Å². The van der Waals surface area contributed by atoms with Gasteiger partial charge >= 0.3 is 0 Å². The molecule has 0 fully saturated rings. The third kappa shape index (κ3) is 8.51. The highest BCUT2D eigenvalue weighted by molar-refractivity contribution is 6.36. The molecule has 0 bridgehead atoms. The normalized spacial score (nSPS) is 11.6. The molecule has 0 aliphatic carbocycles. The Labute approximate surface area is 214 Å². The van der Waals surface area contributed by atoms with E-state index in [1.54, 1.807) is 7.05 Å². The second kappa shape index (κ2) is 13.9. The van der Waals surface area contributed by atoms with Gasteiger partial charge in [0.1, 0.15) is 24.0 Å². The molecule has 0 spiro atoms. The maximum absolute atomic E-state index is 13.0. The number of amides is 3. The van der Waals surface area contributed by atoms with Crippen molar-refractivity contribution in [3.05, 3.63) is 46.9 Å². The molecule has 2 aromatic rings. The predicted molar refractivity (Wildman–Crippen MR) is 136 cm³/mol. The third-order valence-electron chi connectivity index (χ3n) is 6.06. The SMILES string of the molecule is CCC(CC)CNC(=O)Cn1cccc(NC(=O)[C@H](CCC(=O)C(C)=O)NC(=O)c2cncn2C)c1=O. The van der Waals surface area contributed by atoms with Crippen LogP contribution in [0.1, 0.15) is 56.9 Å². The van der Waals surface area contributed by atoms with Crippen molar-refractivity contribution in [1.82, 2.24) is 24.8 Å². The van der Waals surface area contributed by atoms with Crippen molar-refractivity contribution in [2.45, 2.75) is 59.0 Å². The number of hydrogen-bond acceptors (Lipinski definition) is 7. The van der Waals surface area contributed by atoms with Gasteiger partial charge in [0.2, 0.25) is 11.8 Å². The standard InChI is InChI=1S/C25H34N6O6/c1-5-17(6-2)12-27-22(34)14-31-11-7-8-19(25(31)37)29-23(35)18(9-10-21(33)16(3)32)28-24(36)20-13-26-15-30(20)4/h7-8,11,13,15,17-18H,5-6,9-10,12,14H2,1-4H3,(H,27,34)(H,28,36)(H,29,35)/t18-/m0/s1. The van der Waals surface area contributed by atoms with E-state index in [0.29, 0.717) is 12.5 Å². The molecule has 200 valence electrons.